The lowest BCUT2D eigenvalue weighted by Crippen LogP contribution is -2.31. The molecule has 1 amide bonds. The van der Waals surface area contributed by atoms with E-state index in [2.05, 4.69) is 35.8 Å². The Hall–Kier alpha value is -1.30. The molecule has 6 heteroatoms. The predicted molar refractivity (Wildman–Crippen MR) is 86.3 cm³/mol. The highest BCUT2D eigenvalue weighted by Crippen LogP contribution is 2.28. The molecule has 0 bridgehead atoms. The van der Waals surface area contributed by atoms with Gasteiger partial charge in [0, 0.05) is 12.1 Å². The maximum absolute atomic E-state index is 12.2. The number of amides is 1. The van der Waals surface area contributed by atoms with Crippen LogP contribution in [0.25, 0.3) is 0 Å². The van der Waals surface area contributed by atoms with Crippen molar-refractivity contribution in [3.05, 3.63) is 5.56 Å². The molecule has 5 nitrogen and oxygen atoms in total. The van der Waals surface area contributed by atoms with Gasteiger partial charge >= 0.3 is 0 Å². The second kappa shape index (κ2) is 7.47. The fourth-order valence-electron chi connectivity index (χ4n) is 2.01. The van der Waals surface area contributed by atoms with Crippen molar-refractivity contribution >= 4 is 28.3 Å². The molecule has 0 aliphatic heterocycles. The molecule has 0 saturated carbocycles. The second-order valence-electron chi connectivity index (χ2n) is 5.69. The smallest absolute Gasteiger partial charge is 0.258 e. The topological polar surface area (TPSA) is 80.0 Å². The lowest BCUT2D eigenvalue weighted by atomic mass is 10.0. The van der Waals surface area contributed by atoms with Gasteiger partial charge in [-0.25, -0.2) is 0 Å². The van der Waals surface area contributed by atoms with E-state index in [1.165, 1.54) is 11.5 Å². The first-order valence-electron chi connectivity index (χ1n) is 7.17. The number of rotatable bonds is 7. The van der Waals surface area contributed by atoms with Crippen LogP contribution < -0.4 is 16.4 Å². The quantitative estimate of drug-likeness (QED) is 0.722. The van der Waals surface area contributed by atoms with Crippen molar-refractivity contribution < 1.29 is 4.79 Å². The summed E-state index contributed by atoms with van der Waals surface area (Å²) >= 11 is 1.25. The van der Waals surface area contributed by atoms with E-state index in [0.717, 1.165) is 17.8 Å². The minimum atomic E-state index is -0.163. The first-order chi connectivity index (χ1) is 9.35. The minimum Gasteiger partial charge on any atom is -0.382 e. The number of aromatic nitrogens is 1. The number of carbonyl (C=O) groups excluding carboxylic acids is 1. The van der Waals surface area contributed by atoms with Gasteiger partial charge < -0.3 is 16.4 Å². The van der Waals surface area contributed by atoms with E-state index in [1.54, 1.807) is 0 Å². The third-order valence-corrected chi connectivity index (χ3v) is 3.99. The molecule has 0 fully saturated rings. The highest BCUT2D eigenvalue weighted by molar-refractivity contribution is 7.11. The molecule has 1 rings (SSSR count). The zero-order chi connectivity index (χ0) is 15.3. The molecule has 2 unspecified atom stereocenters. The van der Waals surface area contributed by atoms with E-state index in [4.69, 9.17) is 5.73 Å². The zero-order valence-electron chi connectivity index (χ0n) is 13.0. The van der Waals surface area contributed by atoms with Crippen molar-refractivity contribution in [1.29, 1.82) is 0 Å². The van der Waals surface area contributed by atoms with Gasteiger partial charge in [-0.2, -0.15) is 4.37 Å². The summed E-state index contributed by atoms with van der Waals surface area (Å²) in [5.74, 6) is 0.784. The molecule has 20 heavy (non-hydrogen) atoms. The lowest BCUT2D eigenvalue weighted by molar-refractivity contribution is 0.0945. The summed E-state index contributed by atoms with van der Waals surface area (Å²) in [6.45, 7) is 10.4. The van der Waals surface area contributed by atoms with E-state index < -0.39 is 0 Å². The van der Waals surface area contributed by atoms with E-state index >= 15 is 0 Å². The van der Waals surface area contributed by atoms with Crippen LogP contribution in [0.5, 0.6) is 0 Å². The van der Waals surface area contributed by atoms with Crippen LogP contribution in [0.1, 0.15) is 57.8 Å². The molecule has 0 radical (unpaired) electrons. The number of hydrogen-bond donors (Lipinski definition) is 3. The maximum Gasteiger partial charge on any atom is 0.258 e. The lowest BCUT2D eigenvalue weighted by Gasteiger charge is -2.18. The first-order valence-corrected chi connectivity index (χ1v) is 7.95. The van der Waals surface area contributed by atoms with E-state index in [1.807, 2.05) is 13.8 Å². The van der Waals surface area contributed by atoms with Crippen LogP contribution in [0.3, 0.4) is 0 Å². The second-order valence-corrected chi connectivity index (χ2v) is 6.47. The fraction of sp³-hybridized carbons (Fsp3) is 0.714. The van der Waals surface area contributed by atoms with Crippen LogP contribution in [-0.2, 0) is 0 Å². The Morgan fingerprint density at radius 2 is 2.00 bits per heavy atom. The SMILES string of the molecule is CCC(C)CC(C)Nc1snc(N)c1C(=O)NC(C)C. The molecule has 114 valence electrons. The standard InChI is InChI=1S/C14H26N4OS/c1-6-9(4)7-10(5)17-14-11(12(15)18-20-14)13(19)16-8(2)3/h8-10,17H,6-7H2,1-5H3,(H2,15,18)(H,16,19). The van der Waals surface area contributed by atoms with Crippen LogP contribution in [-0.4, -0.2) is 22.4 Å². The summed E-state index contributed by atoms with van der Waals surface area (Å²) < 4.78 is 4.09. The normalized spacial score (nSPS) is 14.1. The molecule has 0 aliphatic carbocycles. The Labute approximate surface area is 125 Å². The molecule has 1 heterocycles. The van der Waals surface area contributed by atoms with Gasteiger partial charge in [-0.1, -0.05) is 20.3 Å². The molecule has 0 aromatic carbocycles. The summed E-state index contributed by atoms with van der Waals surface area (Å²) in [5.41, 5.74) is 6.29. The summed E-state index contributed by atoms with van der Waals surface area (Å²) in [6.07, 6.45) is 2.21. The van der Waals surface area contributed by atoms with Crippen molar-refractivity contribution in [3.63, 3.8) is 0 Å². The average molecular weight is 298 g/mol. The molecular weight excluding hydrogens is 272 g/mol. The summed E-state index contributed by atoms with van der Waals surface area (Å²) in [6, 6.07) is 0.364. The number of nitrogens with zero attached hydrogens (tertiary/aromatic N) is 1. The first kappa shape index (κ1) is 16.8. The fourth-order valence-corrected chi connectivity index (χ4v) is 2.83. The average Bonchev–Trinajstić information content (AvgIpc) is 2.69. The van der Waals surface area contributed by atoms with Gasteiger partial charge in [0.1, 0.15) is 10.6 Å². The van der Waals surface area contributed by atoms with Crippen molar-refractivity contribution in [2.45, 2.75) is 59.5 Å². The Balaban J connectivity index is 2.78. The predicted octanol–water partition coefficient (Wildman–Crippen LogP) is 3.10. The van der Waals surface area contributed by atoms with Crippen LogP contribution >= 0.6 is 11.5 Å². The Kier molecular flexibility index (Phi) is 6.26. The molecule has 1 aromatic heterocycles. The van der Waals surface area contributed by atoms with Crippen molar-refractivity contribution in [2.75, 3.05) is 11.1 Å². The van der Waals surface area contributed by atoms with E-state index in [9.17, 15) is 4.79 Å². The molecule has 0 aliphatic rings. The van der Waals surface area contributed by atoms with Crippen LogP contribution in [0, 0.1) is 5.92 Å². The molecular formula is C14H26N4OS. The van der Waals surface area contributed by atoms with Crippen LogP contribution in [0.15, 0.2) is 0 Å². The Morgan fingerprint density at radius 3 is 2.55 bits per heavy atom. The number of nitrogen functional groups attached to an aromatic ring is 1. The van der Waals surface area contributed by atoms with Crippen LogP contribution in [0.4, 0.5) is 10.8 Å². The Morgan fingerprint density at radius 1 is 1.35 bits per heavy atom. The van der Waals surface area contributed by atoms with Gasteiger partial charge in [0.2, 0.25) is 0 Å². The van der Waals surface area contributed by atoms with Crippen molar-refractivity contribution in [2.24, 2.45) is 5.92 Å². The number of anilines is 2. The monoisotopic (exact) mass is 298 g/mol. The number of nitrogens with two attached hydrogens (primary N) is 1. The van der Waals surface area contributed by atoms with Crippen molar-refractivity contribution in [1.82, 2.24) is 9.69 Å². The zero-order valence-corrected chi connectivity index (χ0v) is 13.8. The Bertz CT molecular complexity index is 444. The molecule has 0 saturated heterocycles. The minimum absolute atomic E-state index is 0.0761. The highest BCUT2D eigenvalue weighted by atomic mass is 32.1. The third kappa shape index (κ3) is 4.67. The maximum atomic E-state index is 12.2. The van der Waals surface area contributed by atoms with Crippen molar-refractivity contribution in [3.8, 4) is 0 Å². The van der Waals surface area contributed by atoms with E-state index in [-0.39, 0.29) is 18.0 Å². The number of nitrogens with one attached hydrogen (secondary N) is 2. The third-order valence-electron chi connectivity index (χ3n) is 3.20. The van der Waals surface area contributed by atoms with Gasteiger partial charge in [-0.15, -0.1) is 0 Å². The van der Waals surface area contributed by atoms with Gasteiger partial charge in [0.05, 0.1) is 0 Å². The summed E-state index contributed by atoms with van der Waals surface area (Å²) in [7, 11) is 0. The van der Waals surface area contributed by atoms with Crippen LogP contribution in [0.2, 0.25) is 0 Å². The number of hydrogen-bond acceptors (Lipinski definition) is 5. The molecule has 2 atom stereocenters. The van der Waals surface area contributed by atoms with Gasteiger partial charge in [0.15, 0.2) is 5.82 Å². The van der Waals surface area contributed by atoms with Gasteiger partial charge in [-0.3, -0.25) is 4.79 Å². The highest BCUT2D eigenvalue weighted by Gasteiger charge is 2.21. The van der Waals surface area contributed by atoms with Gasteiger partial charge in [-0.05, 0) is 44.6 Å². The van der Waals surface area contributed by atoms with Gasteiger partial charge in [0.25, 0.3) is 5.91 Å². The summed E-state index contributed by atoms with van der Waals surface area (Å²) in [5, 5.41) is 6.99. The largest absolute Gasteiger partial charge is 0.382 e. The van der Waals surface area contributed by atoms with E-state index in [0.29, 0.717) is 17.3 Å². The molecule has 4 N–H and O–H groups in total. The summed E-state index contributed by atoms with van der Waals surface area (Å²) in [4.78, 5) is 12.2. The number of carbonyl (C=O) groups is 1. The molecule has 1 aromatic rings. The molecule has 0 spiro atoms.